The van der Waals surface area contributed by atoms with Crippen LogP contribution < -0.4 is 35.0 Å². The van der Waals surface area contributed by atoms with Crippen LogP contribution in [-0.2, 0) is 9.53 Å². The van der Waals surface area contributed by atoms with E-state index in [-0.39, 0.29) is 18.3 Å². The van der Waals surface area contributed by atoms with Gasteiger partial charge in [-0.2, -0.15) is 5.10 Å². The van der Waals surface area contributed by atoms with Crippen LogP contribution in [0.5, 0.6) is 23.0 Å². The minimum atomic E-state index is -1.17. The number of halogens is 1. The molecule has 0 spiro atoms. The maximum absolute atomic E-state index is 12.4. The number of urea groups is 1. The van der Waals surface area contributed by atoms with Gasteiger partial charge in [0.25, 0.3) is 0 Å². The van der Waals surface area contributed by atoms with E-state index in [4.69, 9.17) is 35.3 Å². The molecular formula is C28H35ClN4O8. The van der Waals surface area contributed by atoms with Crippen molar-refractivity contribution in [1.82, 2.24) is 16.1 Å². The average molecular weight is 591 g/mol. The van der Waals surface area contributed by atoms with Crippen molar-refractivity contribution in [3.63, 3.8) is 0 Å². The third-order valence-electron chi connectivity index (χ3n) is 5.71. The zero-order valence-electron chi connectivity index (χ0n) is 23.7. The Labute approximate surface area is 243 Å². The van der Waals surface area contributed by atoms with Crippen molar-refractivity contribution in [3.8, 4) is 23.0 Å². The molecule has 1 heterocycles. The van der Waals surface area contributed by atoms with E-state index in [1.807, 2.05) is 13.8 Å². The Balaban J connectivity index is 1.69. The summed E-state index contributed by atoms with van der Waals surface area (Å²) in [4.78, 5) is 24.5. The molecule has 2 atom stereocenters. The number of nitrogens with zero attached hydrogens (tertiary/aromatic N) is 1. The van der Waals surface area contributed by atoms with E-state index in [0.29, 0.717) is 51.5 Å². The molecule has 1 aliphatic rings. The standard InChI is InChI=1S/C28H35ClN4O8/c1-7-39-21-12-18(25-24(27(35)38-6)16(4)31-28(36)32-25)8-9-20(21)40-14-23(34)33-30-13-17-10-19(29)26(41-15(2)3)22(11-17)37-5/h8-13,15,23,25,33-34H,7,14H2,1-6H3,(H2,31,32,36)/b30-13+/t23-,25-/m0/s1. The van der Waals surface area contributed by atoms with Gasteiger partial charge in [0.05, 0.1) is 49.8 Å². The Morgan fingerprint density at radius 1 is 1.17 bits per heavy atom. The number of benzene rings is 2. The predicted molar refractivity (Wildman–Crippen MR) is 153 cm³/mol. The molecule has 0 radical (unpaired) electrons. The molecule has 1 aliphatic heterocycles. The van der Waals surface area contributed by atoms with Crippen molar-refractivity contribution < 1.29 is 38.4 Å². The Morgan fingerprint density at radius 3 is 2.59 bits per heavy atom. The Kier molecular flexibility index (Phi) is 11.1. The second kappa shape index (κ2) is 14.5. The van der Waals surface area contributed by atoms with Crippen molar-refractivity contribution in [1.29, 1.82) is 0 Å². The van der Waals surface area contributed by atoms with E-state index >= 15 is 0 Å². The topological polar surface area (TPSA) is 149 Å². The molecule has 222 valence electrons. The van der Waals surface area contributed by atoms with Gasteiger partial charge in [-0.05, 0) is 63.1 Å². The van der Waals surface area contributed by atoms with Crippen LogP contribution in [0, 0.1) is 0 Å². The van der Waals surface area contributed by atoms with E-state index in [2.05, 4.69) is 21.2 Å². The summed E-state index contributed by atoms with van der Waals surface area (Å²) in [6, 6.07) is 7.14. The minimum absolute atomic E-state index is 0.0824. The second-order valence-corrected chi connectivity index (χ2v) is 9.52. The van der Waals surface area contributed by atoms with Crippen LogP contribution in [0.15, 0.2) is 46.7 Å². The number of hydrazone groups is 1. The molecule has 12 nitrogen and oxygen atoms in total. The molecule has 2 aromatic rings. The summed E-state index contributed by atoms with van der Waals surface area (Å²) >= 11 is 6.35. The number of amides is 2. The molecule has 0 fully saturated rings. The van der Waals surface area contributed by atoms with Gasteiger partial charge in [-0.1, -0.05) is 17.7 Å². The number of esters is 1. The van der Waals surface area contributed by atoms with Crippen LogP contribution in [0.2, 0.25) is 5.02 Å². The van der Waals surface area contributed by atoms with E-state index in [1.54, 1.807) is 44.2 Å². The number of aliphatic hydroxyl groups excluding tert-OH is 1. The van der Waals surface area contributed by atoms with Gasteiger partial charge in [0.15, 0.2) is 29.2 Å². The van der Waals surface area contributed by atoms with Crippen molar-refractivity contribution >= 4 is 29.8 Å². The van der Waals surface area contributed by atoms with Gasteiger partial charge < -0.3 is 39.4 Å². The van der Waals surface area contributed by atoms with Crippen molar-refractivity contribution in [2.75, 3.05) is 27.4 Å². The molecule has 0 bridgehead atoms. The molecule has 13 heteroatoms. The van der Waals surface area contributed by atoms with Gasteiger partial charge >= 0.3 is 12.0 Å². The van der Waals surface area contributed by atoms with Crippen LogP contribution in [0.1, 0.15) is 44.9 Å². The monoisotopic (exact) mass is 590 g/mol. The lowest BCUT2D eigenvalue weighted by atomic mass is 9.95. The third-order valence-corrected chi connectivity index (χ3v) is 6.00. The number of carbonyl (C=O) groups excluding carboxylic acids is 2. The van der Waals surface area contributed by atoms with Gasteiger partial charge in [0, 0.05) is 5.70 Å². The molecule has 0 aromatic heterocycles. The van der Waals surface area contributed by atoms with Crippen LogP contribution in [0.3, 0.4) is 0 Å². The van der Waals surface area contributed by atoms with Crippen LogP contribution in [0.4, 0.5) is 4.79 Å². The van der Waals surface area contributed by atoms with Crippen molar-refractivity contribution in [2.45, 2.75) is 46.1 Å². The van der Waals surface area contributed by atoms with Crippen molar-refractivity contribution in [2.24, 2.45) is 5.10 Å². The number of hydrogen-bond donors (Lipinski definition) is 4. The fourth-order valence-electron chi connectivity index (χ4n) is 3.98. The maximum Gasteiger partial charge on any atom is 0.337 e. The van der Waals surface area contributed by atoms with Gasteiger partial charge in [0.2, 0.25) is 0 Å². The summed E-state index contributed by atoms with van der Waals surface area (Å²) in [5.41, 5.74) is 4.44. The van der Waals surface area contributed by atoms with E-state index in [1.165, 1.54) is 20.4 Å². The molecule has 0 saturated carbocycles. The fraction of sp³-hybridized carbons (Fsp3) is 0.393. The number of methoxy groups -OCH3 is 2. The molecule has 4 N–H and O–H groups in total. The summed E-state index contributed by atoms with van der Waals surface area (Å²) in [6.07, 6.45) is 0.223. The fourth-order valence-corrected chi connectivity index (χ4v) is 4.25. The third kappa shape index (κ3) is 8.18. The summed E-state index contributed by atoms with van der Waals surface area (Å²) in [5.74, 6) is 1.03. The SMILES string of the molecule is CCOc1cc([C@@H]2NC(=O)NC(C)=C2C(=O)OC)ccc1OC[C@H](O)N/N=C/c1cc(Cl)c(OC(C)C)c(OC)c1. The van der Waals surface area contributed by atoms with Gasteiger partial charge in [-0.25, -0.2) is 9.59 Å². The Hall–Kier alpha value is -4.16. The molecule has 0 saturated heterocycles. The highest BCUT2D eigenvalue weighted by Crippen LogP contribution is 2.37. The normalized spacial score (nSPS) is 15.7. The number of nitrogens with one attached hydrogen (secondary N) is 3. The summed E-state index contributed by atoms with van der Waals surface area (Å²) < 4.78 is 27.5. The highest BCUT2D eigenvalue weighted by Gasteiger charge is 2.32. The van der Waals surface area contributed by atoms with Gasteiger partial charge in [-0.3, -0.25) is 5.43 Å². The minimum Gasteiger partial charge on any atom is -0.493 e. The largest absolute Gasteiger partial charge is 0.493 e. The molecule has 0 unspecified atom stereocenters. The van der Waals surface area contributed by atoms with Gasteiger partial charge in [-0.15, -0.1) is 0 Å². The van der Waals surface area contributed by atoms with Crippen LogP contribution in [0.25, 0.3) is 0 Å². The maximum atomic E-state index is 12.4. The van der Waals surface area contributed by atoms with E-state index in [9.17, 15) is 14.7 Å². The predicted octanol–water partition coefficient (Wildman–Crippen LogP) is 3.66. The first-order chi connectivity index (χ1) is 19.6. The molecule has 0 aliphatic carbocycles. The number of rotatable bonds is 13. The zero-order valence-corrected chi connectivity index (χ0v) is 24.5. The molecule has 2 amide bonds. The first-order valence-corrected chi connectivity index (χ1v) is 13.2. The van der Waals surface area contributed by atoms with Crippen LogP contribution >= 0.6 is 11.6 Å². The average Bonchev–Trinajstić information content (AvgIpc) is 2.92. The summed E-state index contributed by atoms with van der Waals surface area (Å²) in [6.45, 7) is 7.36. The van der Waals surface area contributed by atoms with Gasteiger partial charge in [0.1, 0.15) is 6.61 Å². The lowest BCUT2D eigenvalue weighted by Crippen LogP contribution is -2.45. The molecule has 2 aromatic carbocycles. The smallest absolute Gasteiger partial charge is 0.337 e. The number of ether oxygens (including phenoxy) is 5. The molecule has 41 heavy (non-hydrogen) atoms. The first-order valence-electron chi connectivity index (χ1n) is 12.8. The Morgan fingerprint density at radius 2 is 1.93 bits per heavy atom. The highest BCUT2D eigenvalue weighted by atomic mass is 35.5. The Bertz CT molecular complexity index is 1310. The van der Waals surface area contributed by atoms with E-state index in [0.717, 1.165) is 0 Å². The van der Waals surface area contributed by atoms with Crippen LogP contribution in [-0.4, -0.2) is 63.1 Å². The molecule has 3 rings (SSSR count). The number of carbonyl (C=O) groups is 2. The number of allylic oxidation sites excluding steroid dienone is 1. The summed E-state index contributed by atoms with van der Waals surface area (Å²) in [7, 11) is 2.78. The zero-order chi connectivity index (χ0) is 30.1. The number of aliphatic hydroxyl groups is 1. The lowest BCUT2D eigenvalue weighted by molar-refractivity contribution is -0.136. The quantitative estimate of drug-likeness (QED) is 0.119. The van der Waals surface area contributed by atoms with Crippen molar-refractivity contribution in [3.05, 3.63) is 57.8 Å². The molecular weight excluding hydrogens is 556 g/mol. The highest BCUT2D eigenvalue weighted by molar-refractivity contribution is 6.32. The first kappa shape index (κ1) is 31.4. The second-order valence-electron chi connectivity index (χ2n) is 9.12. The number of hydrogen-bond acceptors (Lipinski definition) is 10. The van der Waals surface area contributed by atoms with E-state index < -0.39 is 24.3 Å². The lowest BCUT2D eigenvalue weighted by Gasteiger charge is -2.28. The summed E-state index contributed by atoms with van der Waals surface area (Å²) in [5, 5.41) is 20.1.